The fourth-order valence-electron chi connectivity index (χ4n) is 3.97. The number of carbonyl (C=O) groups is 3. The second-order valence-corrected chi connectivity index (χ2v) is 7.73. The van der Waals surface area contributed by atoms with E-state index in [4.69, 9.17) is 0 Å². The molecular formula is C20H27NO5. The van der Waals surface area contributed by atoms with Gasteiger partial charge in [0.05, 0.1) is 25.1 Å². The summed E-state index contributed by atoms with van der Waals surface area (Å²) in [6, 6.07) is 8.09. The maximum Gasteiger partial charge on any atom is 0.383 e. The molecule has 1 N–H and O–H groups in total. The Morgan fingerprint density at radius 2 is 1.85 bits per heavy atom. The number of amides is 1. The van der Waals surface area contributed by atoms with E-state index in [-0.39, 0.29) is 19.0 Å². The number of aliphatic hydroxyl groups excluding tert-OH is 1. The largest absolute Gasteiger partial charge is 0.544 e. The molecule has 6 heteroatoms. The summed E-state index contributed by atoms with van der Waals surface area (Å²) < 4.78 is -0.430. The third kappa shape index (κ3) is 3.44. The van der Waals surface area contributed by atoms with E-state index in [1.54, 1.807) is 0 Å². The van der Waals surface area contributed by atoms with Gasteiger partial charge in [-0.15, -0.1) is 0 Å². The Labute approximate surface area is 154 Å². The minimum atomic E-state index is -1.31. The first-order valence-electron chi connectivity index (χ1n) is 9.04. The van der Waals surface area contributed by atoms with E-state index in [0.717, 1.165) is 5.56 Å². The van der Waals surface area contributed by atoms with Crippen LogP contribution in [0.1, 0.15) is 45.1 Å². The topological polar surface area (TPSA) is 94.5 Å². The summed E-state index contributed by atoms with van der Waals surface area (Å²) in [6.07, 6.45) is 1.05. The quantitative estimate of drug-likeness (QED) is 0.568. The molecule has 1 aromatic carbocycles. The number of hydrogen-bond donors (Lipinski definition) is 1. The molecule has 2 unspecified atom stereocenters. The molecule has 0 radical (unpaired) electrons. The molecule has 1 heterocycles. The zero-order chi connectivity index (χ0) is 19.5. The lowest BCUT2D eigenvalue weighted by molar-refractivity contribution is -0.858. The molecule has 2 rings (SSSR count). The van der Waals surface area contributed by atoms with E-state index in [1.807, 2.05) is 37.3 Å². The Bertz CT molecular complexity index is 685. The number of Topliss-reactive ketones (excluding diaryl/α,β-unsaturated/α-hetero) is 1. The van der Waals surface area contributed by atoms with Crippen LogP contribution in [0.15, 0.2) is 30.3 Å². The standard InChI is InChI=1S/C20H27NO5/c1-4-11-21(18(24)17(23)20(2,3)13-22)12-10-15(16(21)19(25)26)14-8-6-5-7-9-14/h5-9,15-16,22H,4,10-13H2,1-3H3/t15?,16-,21?/m0/s1. The van der Waals surface area contributed by atoms with Crippen LogP contribution in [0, 0.1) is 5.41 Å². The van der Waals surface area contributed by atoms with Crippen molar-refractivity contribution in [1.29, 1.82) is 0 Å². The molecule has 142 valence electrons. The van der Waals surface area contributed by atoms with Gasteiger partial charge in [0.15, 0.2) is 0 Å². The second kappa shape index (κ2) is 7.68. The van der Waals surface area contributed by atoms with Crippen molar-refractivity contribution in [2.75, 3.05) is 19.7 Å². The molecule has 0 spiro atoms. The number of likely N-dealkylation sites (tertiary alicyclic amines) is 1. The van der Waals surface area contributed by atoms with Gasteiger partial charge in [-0.05, 0) is 25.8 Å². The number of quaternary nitrogens is 1. The predicted octanol–water partition coefficient (Wildman–Crippen LogP) is 0.633. The summed E-state index contributed by atoms with van der Waals surface area (Å²) in [4.78, 5) is 38.0. The van der Waals surface area contributed by atoms with Crippen LogP contribution in [0.3, 0.4) is 0 Å². The molecule has 1 fully saturated rings. The molecule has 0 bridgehead atoms. The van der Waals surface area contributed by atoms with Crippen LogP contribution < -0.4 is 5.11 Å². The van der Waals surface area contributed by atoms with Crippen molar-refractivity contribution in [1.82, 2.24) is 0 Å². The number of benzene rings is 1. The van der Waals surface area contributed by atoms with Crippen LogP contribution >= 0.6 is 0 Å². The maximum absolute atomic E-state index is 13.2. The van der Waals surface area contributed by atoms with E-state index >= 15 is 0 Å². The van der Waals surface area contributed by atoms with E-state index in [2.05, 4.69) is 0 Å². The summed E-state index contributed by atoms with van der Waals surface area (Å²) in [5.74, 6) is -3.17. The minimum absolute atomic E-state index is 0.258. The molecule has 1 aromatic rings. The zero-order valence-corrected chi connectivity index (χ0v) is 15.6. The van der Waals surface area contributed by atoms with Gasteiger partial charge in [-0.2, -0.15) is 0 Å². The Kier molecular flexibility index (Phi) is 5.98. The van der Waals surface area contributed by atoms with Crippen LogP contribution in [0.5, 0.6) is 0 Å². The lowest BCUT2D eigenvalue weighted by atomic mass is 9.86. The normalized spacial score (nSPS) is 25.8. The number of hydrogen-bond acceptors (Lipinski definition) is 5. The highest BCUT2D eigenvalue weighted by Gasteiger charge is 2.57. The Morgan fingerprint density at radius 1 is 1.23 bits per heavy atom. The van der Waals surface area contributed by atoms with Gasteiger partial charge in [0.25, 0.3) is 5.78 Å². The summed E-state index contributed by atoms with van der Waals surface area (Å²) in [7, 11) is 0. The van der Waals surface area contributed by atoms with E-state index in [1.165, 1.54) is 13.8 Å². The van der Waals surface area contributed by atoms with Crippen LogP contribution in [0.4, 0.5) is 0 Å². The van der Waals surface area contributed by atoms with Crippen LogP contribution in [0.2, 0.25) is 0 Å². The van der Waals surface area contributed by atoms with Gasteiger partial charge >= 0.3 is 5.91 Å². The van der Waals surface area contributed by atoms with Crippen molar-refractivity contribution >= 4 is 17.7 Å². The lowest BCUT2D eigenvalue weighted by Crippen LogP contribution is -2.66. The van der Waals surface area contributed by atoms with E-state index in [9.17, 15) is 24.6 Å². The zero-order valence-electron chi connectivity index (χ0n) is 15.6. The van der Waals surface area contributed by atoms with Crippen molar-refractivity contribution in [3.8, 4) is 0 Å². The Hall–Kier alpha value is -2.05. The lowest BCUT2D eigenvalue weighted by Gasteiger charge is -2.39. The van der Waals surface area contributed by atoms with Gasteiger partial charge < -0.3 is 15.0 Å². The smallest absolute Gasteiger partial charge is 0.383 e. The summed E-state index contributed by atoms with van der Waals surface area (Å²) in [5.41, 5.74) is -0.406. The number of rotatable bonds is 7. The molecule has 26 heavy (non-hydrogen) atoms. The molecule has 0 aliphatic carbocycles. The number of aliphatic hydroxyl groups is 1. The molecule has 1 aliphatic heterocycles. The number of nitrogens with zero attached hydrogens (tertiary/aromatic N) is 1. The van der Waals surface area contributed by atoms with Crippen molar-refractivity contribution in [2.45, 2.75) is 45.6 Å². The van der Waals surface area contributed by atoms with Crippen molar-refractivity contribution < 1.29 is 29.1 Å². The second-order valence-electron chi connectivity index (χ2n) is 7.73. The fraction of sp³-hybridized carbons (Fsp3) is 0.550. The third-order valence-corrected chi connectivity index (χ3v) is 5.45. The number of aliphatic carboxylic acids is 1. The summed E-state index contributed by atoms with van der Waals surface area (Å²) in [6.45, 7) is 4.91. The molecule has 1 amide bonds. The number of carboxylic acids is 1. The average Bonchev–Trinajstić information content (AvgIpc) is 3.02. The van der Waals surface area contributed by atoms with E-state index in [0.29, 0.717) is 12.8 Å². The highest BCUT2D eigenvalue weighted by Crippen LogP contribution is 2.40. The molecular weight excluding hydrogens is 334 g/mol. The van der Waals surface area contributed by atoms with Crippen LogP contribution in [-0.2, 0) is 14.4 Å². The highest BCUT2D eigenvalue weighted by atomic mass is 16.4. The van der Waals surface area contributed by atoms with Crippen LogP contribution in [-0.4, -0.2) is 53.0 Å². The number of carboxylic acid groups (broad SMARTS) is 1. The third-order valence-electron chi connectivity index (χ3n) is 5.45. The Balaban J connectivity index is 2.50. The van der Waals surface area contributed by atoms with Crippen LogP contribution in [0.25, 0.3) is 0 Å². The first kappa shape index (κ1) is 20.3. The van der Waals surface area contributed by atoms with Crippen molar-refractivity contribution in [2.24, 2.45) is 5.41 Å². The minimum Gasteiger partial charge on any atom is -0.544 e. The molecule has 0 aromatic heterocycles. The Morgan fingerprint density at radius 3 is 2.35 bits per heavy atom. The summed E-state index contributed by atoms with van der Waals surface area (Å²) in [5, 5.41) is 21.5. The highest BCUT2D eigenvalue weighted by molar-refractivity contribution is 6.35. The molecule has 0 saturated carbocycles. The van der Waals surface area contributed by atoms with Gasteiger partial charge in [0, 0.05) is 12.3 Å². The number of carbonyl (C=O) groups excluding carboxylic acids is 3. The first-order chi connectivity index (χ1) is 12.2. The van der Waals surface area contributed by atoms with Gasteiger partial charge in [-0.3, -0.25) is 4.79 Å². The maximum atomic E-state index is 13.2. The van der Waals surface area contributed by atoms with Gasteiger partial charge in [-0.25, -0.2) is 9.28 Å². The average molecular weight is 361 g/mol. The molecule has 1 aliphatic rings. The van der Waals surface area contributed by atoms with Crippen molar-refractivity contribution in [3.05, 3.63) is 35.9 Å². The summed E-state index contributed by atoms with van der Waals surface area (Å²) >= 11 is 0. The molecule has 3 atom stereocenters. The number of ketones is 1. The van der Waals surface area contributed by atoms with Gasteiger partial charge in [-0.1, -0.05) is 37.3 Å². The first-order valence-corrected chi connectivity index (χ1v) is 9.04. The monoisotopic (exact) mass is 361 g/mol. The molecule has 1 saturated heterocycles. The fourth-order valence-corrected chi connectivity index (χ4v) is 3.97. The SMILES string of the molecule is CCC[N+]1(C(=O)C(=O)C(C)(C)CO)CCC(c2ccccc2)[C@H]1C(=O)[O-]. The van der Waals surface area contributed by atoms with E-state index < -0.39 is 40.2 Å². The predicted molar refractivity (Wildman–Crippen MR) is 93.8 cm³/mol. The van der Waals surface area contributed by atoms with Gasteiger partial charge in [0.1, 0.15) is 12.0 Å². The van der Waals surface area contributed by atoms with Gasteiger partial charge in [0.2, 0.25) is 0 Å². The van der Waals surface area contributed by atoms with Crippen molar-refractivity contribution in [3.63, 3.8) is 0 Å². The molecule has 6 nitrogen and oxygen atoms in total.